The summed E-state index contributed by atoms with van der Waals surface area (Å²) in [4.78, 5) is 13.9. The van der Waals surface area contributed by atoms with Crippen LogP contribution in [0.15, 0.2) is 43.0 Å². The van der Waals surface area contributed by atoms with E-state index in [1.165, 1.54) is 0 Å². The van der Waals surface area contributed by atoms with Crippen LogP contribution in [0.3, 0.4) is 0 Å². The van der Waals surface area contributed by atoms with Gasteiger partial charge in [-0.3, -0.25) is 4.79 Å². The number of likely N-dealkylation sites (N-methyl/N-ethyl adjacent to an activating group) is 1. The summed E-state index contributed by atoms with van der Waals surface area (Å²) in [5.74, 6) is 0.0255. The third-order valence-corrected chi connectivity index (χ3v) is 3.39. The molecule has 0 aliphatic heterocycles. The van der Waals surface area contributed by atoms with Crippen molar-refractivity contribution in [1.29, 1.82) is 0 Å². The summed E-state index contributed by atoms with van der Waals surface area (Å²) in [6.45, 7) is 4.48. The van der Waals surface area contributed by atoms with Gasteiger partial charge in [-0.15, -0.1) is 19.0 Å². The molecular weight excluding hydrogens is 284 g/mol. The van der Waals surface area contributed by atoms with E-state index >= 15 is 0 Å². The van der Waals surface area contributed by atoms with Crippen LogP contribution < -0.4 is 5.73 Å². The van der Waals surface area contributed by atoms with Crippen LogP contribution >= 0.6 is 12.4 Å². The van der Waals surface area contributed by atoms with Crippen LogP contribution in [-0.4, -0.2) is 30.4 Å². The van der Waals surface area contributed by atoms with Gasteiger partial charge in [-0.1, -0.05) is 42.8 Å². The third-order valence-electron chi connectivity index (χ3n) is 3.39. The van der Waals surface area contributed by atoms with E-state index in [2.05, 4.69) is 6.58 Å². The molecule has 0 heterocycles. The van der Waals surface area contributed by atoms with Gasteiger partial charge in [0.05, 0.1) is 6.04 Å². The highest BCUT2D eigenvalue weighted by molar-refractivity contribution is 5.85. The SMILES string of the molecule is C=CCCCCCN(C)C(=O)[C@@H](N)Cc1ccccc1.Cl. The quantitative estimate of drug-likeness (QED) is 0.562. The first-order valence-corrected chi connectivity index (χ1v) is 7.30. The van der Waals surface area contributed by atoms with Crippen molar-refractivity contribution in [1.82, 2.24) is 4.90 Å². The number of allylic oxidation sites excluding steroid dienone is 1. The van der Waals surface area contributed by atoms with Crippen LogP contribution in [0, 0.1) is 0 Å². The Morgan fingerprint density at radius 3 is 2.57 bits per heavy atom. The second kappa shape index (κ2) is 11.4. The van der Waals surface area contributed by atoms with E-state index < -0.39 is 6.04 Å². The number of nitrogens with two attached hydrogens (primary N) is 1. The molecule has 0 unspecified atom stereocenters. The zero-order valence-electron chi connectivity index (χ0n) is 12.8. The molecule has 0 aromatic heterocycles. The Morgan fingerprint density at radius 2 is 1.95 bits per heavy atom. The summed E-state index contributed by atoms with van der Waals surface area (Å²) in [6.07, 6.45) is 6.86. The Bertz CT molecular complexity index is 409. The Balaban J connectivity index is 0.00000400. The number of rotatable bonds is 9. The largest absolute Gasteiger partial charge is 0.344 e. The van der Waals surface area contributed by atoms with E-state index in [-0.39, 0.29) is 18.3 Å². The van der Waals surface area contributed by atoms with Gasteiger partial charge in [0.2, 0.25) is 5.91 Å². The van der Waals surface area contributed by atoms with Crippen LogP contribution in [0.1, 0.15) is 31.2 Å². The molecule has 1 amide bonds. The van der Waals surface area contributed by atoms with E-state index in [4.69, 9.17) is 5.73 Å². The summed E-state index contributed by atoms with van der Waals surface area (Å²) in [5, 5.41) is 0. The number of halogens is 1. The minimum absolute atomic E-state index is 0. The summed E-state index contributed by atoms with van der Waals surface area (Å²) in [6, 6.07) is 9.46. The van der Waals surface area contributed by atoms with E-state index in [0.717, 1.165) is 37.8 Å². The second-order valence-corrected chi connectivity index (χ2v) is 5.19. The standard InChI is InChI=1S/C17H26N2O.ClH/c1-3-4-5-6-10-13-19(2)17(20)16(18)14-15-11-8-7-9-12-15;/h3,7-9,11-12,16H,1,4-6,10,13-14,18H2,2H3;1H/t16-;/m0./s1. The fraction of sp³-hybridized carbons (Fsp3) is 0.471. The lowest BCUT2D eigenvalue weighted by Gasteiger charge is -2.21. The summed E-state index contributed by atoms with van der Waals surface area (Å²) in [7, 11) is 1.83. The minimum atomic E-state index is -0.449. The van der Waals surface area contributed by atoms with Gasteiger partial charge in [-0.05, 0) is 31.2 Å². The molecule has 0 fully saturated rings. The van der Waals surface area contributed by atoms with E-state index in [0.29, 0.717) is 6.42 Å². The molecule has 0 saturated heterocycles. The highest BCUT2D eigenvalue weighted by Gasteiger charge is 2.17. The summed E-state index contributed by atoms with van der Waals surface area (Å²) < 4.78 is 0. The number of amides is 1. The third kappa shape index (κ3) is 7.88. The fourth-order valence-electron chi connectivity index (χ4n) is 2.16. The van der Waals surface area contributed by atoms with Crippen molar-refractivity contribution in [2.45, 2.75) is 38.1 Å². The van der Waals surface area contributed by atoms with Gasteiger partial charge in [0.1, 0.15) is 0 Å². The van der Waals surface area contributed by atoms with Gasteiger partial charge in [0, 0.05) is 13.6 Å². The first-order chi connectivity index (χ1) is 9.65. The molecule has 0 radical (unpaired) electrons. The predicted molar refractivity (Wildman–Crippen MR) is 91.7 cm³/mol. The molecule has 1 aromatic carbocycles. The number of hydrogen-bond donors (Lipinski definition) is 1. The highest BCUT2D eigenvalue weighted by Crippen LogP contribution is 2.06. The first-order valence-electron chi connectivity index (χ1n) is 7.30. The molecule has 0 spiro atoms. The molecule has 3 nitrogen and oxygen atoms in total. The lowest BCUT2D eigenvalue weighted by atomic mass is 10.1. The Kier molecular flexibility index (Phi) is 10.6. The molecule has 1 rings (SSSR count). The van der Waals surface area contributed by atoms with E-state index in [1.807, 2.05) is 43.5 Å². The fourth-order valence-corrected chi connectivity index (χ4v) is 2.16. The molecule has 4 heteroatoms. The number of carbonyl (C=O) groups is 1. The van der Waals surface area contributed by atoms with Crippen molar-refractivity contribution in [2.24, 2.45) is 5.73 Å². The molecule has 0 saturated carbocycles. The maximum Gasteiger partial charge on any atom is 0.239 e. The zero-order chi connectivity index (χ0) is 14.8. The van der Waals surface area contributed by atoms with Gasteiger partial charge >= 0.3 is 0 Å². The number of hydrogen-bond acceptors (Lipinski definition) is 2. The van der Waals surface area contributed by atoms with Gasteiger partial charge in [0.15, 0.2) is 0 Å². The first kappa shape index (κ1) is 19.7. The Labute approximate surface area is 134 Å². The van der Waals surface area contributed by atoms with Crippen LogP contribution in [-0.2, 0) is 11.2 Å². The molecule has 1 aromatic rings. The van der Waals surface area contributed by atoms with Gasteiger partial charge in [0.25, 0.3) is 0 Å². The monoisotopic (exact) mass is 310 g/mol. The molecular formula is C17H27ClN2O. The van der Waals surface area contributed by atoms with Crippen molar-refractivity contribution < 1.29 is 4.79 Å². The smallest absolute Gasteiger partial charge is 0.239 e. The molecule has 0 aliphatic carbocycles. The second-order valence-electron chi connectivity index (χ2n) is 5.19. The molecule has 0 aliphatic rings. The maximum absolute atomic E-state index is 12.2. The van der Waals surface area contributed by atoms with Crippen LogP contribution in [0.5, 0.6) is 0 Å². The number of benzene rings is 1. The molecule has 118 valence electrons. The maximum atomic E-state index is 12.2. The zero-order valence-corrected chi connectivity index (χ0v) is 13.6. The van der Waals surface area contributed by atoms with Crippen LogP contribution in [0.4, 0.5) is 0 Å². The van der Waals surface area contributed by atoms with E-state index in [1.54, 1.807) is 4.90 Å². The van der Waals surface area contributed by atoms with Crippen molar-refractivity contribution in [2.75, 3.05) is 13.6 Å². The normalized spacial score (nSPS) is 11.3. The van der Waals surface area contributed by atoms with Crippen LogP contribution in [0.2, 0.25) is 0 Å². The van der Waals surface area contributed by atoms with Crippen molar-refractivity contribution in [3.8, 4) is 0 Å². The van der Waals surface area contributed by atoms with Gasteiger partial charge in [-0.25, -0.2) is 0 Å². The number of carbonyl (C=O) groups excluding carboxylic acids is 1. The highest BCUT2D eigenvalue weighted by atomic mass is 35.5. The number of nitrogens with zero attached hydrogens (tertiary/aromatic N) is 1. The average molecular weight is 311 g/mol. The molecule has 21 heavy (non-hydrogen) atoms. The Morgan fingerprint density at radius 1 is 1.29 bits per heavy atom. The summed E-state index contributed by atoms with van der Waals surface area (Å²) >= 11 is 0. The van der Waals surface area contributed by atoms with Crippen molar-refractivity contribution in [3.63, 3.8) is 0 Å². The van der Waals surface area contributed by atoms with E-state index in [9.17, 15) is 4.79 Å². The molecule has 1 atom stereocenters. The lowest BCUT2D eigenvalue weighted by molar-refractivity contribution is -0.131. The van der Waals surface area contributed by atoms with Crippen molar-refractivity contribution in [3.05, 3.63) is 48.6 Å². The average Bonchev–Trinajstić information content (AvgIpc) is 2.47. The summed E-state index contributed by atoms with van der Waals surface area (Å²) in [5.41, 5.74) is 7.10. The molecule has 0 bridgehead atoms. The van der Waals surface area contributed by atoms with Gasteiger partial charge < -0.3 is 10.6 Å². The van der Waals surface area contributed by atoms with Crippen LogP contribution in [0.25, 0.3) is 0 Å². The topological polar surface area (TPSA) is 46.3 Å². The Hall–Kier alpha value is -1.32. The minimum Gasteiger partial charge on any atom is -0.344 e. The molecule has 2 N–H and O–H groups in total. The van der Waals surface area contributed by atoms with Gasteiger partial charge in [-0.2, -0.15) is 0 Å². The predicted octanol–water partition coefficient (Wildman–Crippen LogP) is 3.18. The number of unbranched alkanes of at least 4 members (excludes halogenated alkanes) is 3. The van der Waals surface area contributed by atoms with Crippen molar-refractivity contribution >= 4 is 18.3 Å². The lowest BCUT2D eigenvalue weighted by Crippen LogP contribution is -2.43.